The van der Waals surface area contributed by atoms with Crippen LogP contribution in [-0.4, -0.2) is 19.2 Å². The lowest BCUT2D eigenvalue weighted by molar-refractivity contribution is 0.397. The summed E-state index contributed by atoms with van der Waals surface area (Å²) in [6.45, 7) is 2.02. The Labute approximate surface area is 137 Å². The van der Waals surface area contributed by atoms with E-state index in [0.29, 0.717) is 5.15 Å². The molecule has 21 heavy (non-hydrogen) atoms. The number of ether oxygens (including phenoxy) is 2. The number of hydrogen-bond donors (Lipinski definition) is 1. The van der Waals surface area contributed by atoms with Crippen LogP contribution in [0.15, 0.2) is 34.9 Å². The van der Waals surface area contributed by atoms with Crippen LogP contribution in [0.3, 0.4) is 0 Å². The maximum Gasteiger partial charge on any atom is 0.152 e. The molecule has 0 fully saturated rings. The summed E-state index contributed by atoms with van der Waals surface area (Å²) in [5, 5.41) is 3.76. The fraction of sp³-hybridized carbons (Fsp3) is 0.267. The number of aromatic nitrogens is 1. The quantitative estimate of drug-likeness (QED) is 0.775. The molecule has 0 saturated carbocycles. The summed E-state index contributed by atoms with van der Waals surface area (Å²) in [4.78, 5) is 4.10. The number of methoxy groups -OCH3 is 2. The van der Waals surface area contributed by atoms with E-state index in [2.05, 4.69) is 26.2 Å². The molecule has 0 bridgehead atoms. The largest absolute Gasteiger partial charge is 0.497 e. The van der Waals surface area contributed by atoms with E-state index >= 15 is 0 Å². The Morgan fingerprint density at radius 2 is 2.00 bits per heavy atom. The van der Waals surface area contributed by atoms with E-state index in [0.717, 1.165) is 27.2 Å². The van der Waals surface area contributed by atoms with Gasteiger partial charge in [0, 0.05) is 16.2 Å². The molecule has 1 atom stereocenters. The Balaban J connectivity index is 2.31. The minimum absolute atomic E-state index is 0.0244. The number of nitrogens with zero attached hydrogens (tertiary/aromatic N) is 1. The summed E-state index contributed by atoms with van der Waals surface area (Å²) in [5.74, 6) is 1.56. The van der Waals surface area contributed by atoms with Gasteiger partial charge >= 0.3 is 0 Å². The number of anilines is 1. The molecular weight excluding hydrogens is 356 g/mol. The van der Waals surface area contributed by atoms with Gasteiger partial charge in [0.05, 0.1) is 25.9 Å². The van der Waals surface area contributed by atoms with Crippen LogP contribution in [0.2, 0.25) is 5.15 Å². The molecule has 0 aliphatic carbocycles. The molecule has 2 rings (SSSR count). The van der Waals surface area contributed by atoms with Gasteiger partial charge in [0.1, 0.15) is 11.5 Å². The molecule has 0 spiro atoms. The maximum atomic E-state index is 6.11. The predicted molar refractivity (Wildman–Crippen MR) is 88.5 cm³/mol. The summed E-state index contributed by atoms with van der Waals surface area (Å²) in [7, 11) is 3.28. The van der Waals surface area contributed by atoms with Crippen molar-refractivity contribution in [1.82, 2.24) is 4.98 Å². The first-order valence-corrected chi connectivity index (χ1v) is 7.51. The summed E-state index contributed by atoms with van der Waals surface area (Å²) in [5.41, 5.74) is 1.73. The maximum absolute atomic E-state index is 6.11. The lowest BCUT2D eigenvalue weighted by Crippen LogP contribution is -2.09. The van der Waals surface area contributed by atoms with Crippen molar-refractivity contribution in [2.45, 2.75) is 13.0 Å². The van der Waals surface area contributed by atoms with Gasteiger partial charge in [-0.25, -0.2) is 4.98 Å². The lowest BCUT2D eigenvalue weighted by Gasteiger charge is -2.19. The third-order valence-electron chi connectivity index (χ3n) is 3.08. The second-order valence-electron chi connectivity index (χ2n) is 4.47. The molecule has 0 radical (unpaired) electrons. The van der Waals surface area contributed by atoms with Crippen LogP contribution >= 0.6 is 27.5 Å². The van der Waals surface area contributed by atoms with Crippen molar-refractivity contribution in [3.63, 3.8) is 0 Å². The van der Waals surface area contributed by atoms with Crippen LogP contribution in [0.5, 0.6) is 11.5 Å². The summed E-state index contributed by atoms with van der Waals surface area (Å²) < 4.78 is 11.5. The second kappa shape index (κ2) is 7.00. The van der Waals surface area contributed by atoms with Gasteiger partial charge in [-0.2, -0.15) is 0 Å². The summed E-state index contributed by atoms with van der Waals surface area (Å²) in [6.07, 6.45) is 1.66. The van der Waals surface area contributed by atoms with Crippen molar-refractivity contribution in [3.05, 3.63) is 45.7 Å². The molecule has 112 valence electrons. The highest BCUT2D eigenvalue weighted by atomic mass is 79.9. The van der Waals surface area contributed by atoms with Crippen LogP contribution in [0.1, 0.15) is 18.5 Å². The molecule has 1 aromatic heterocycles. The van der Waals surface area contributed by atoms with Gasteiger partial charge < -0.3 is 14.8 Å². The molecule has 1 unspecified atom stereocenters. The van der Waals surface area contributed by atoms with Crippen LogP contribution in [0.25, 0.3) is 0 Å². The Hall–Kier alpha value is -1.46. The fourth-order valence-electron chi connectivity index (χ4n) is 2.01. The SMILES string of the molecule is COc1ccc(OC)c(C(C)Nc2cc(Br)cnc2Cl)c1. The highest BCUT2D eigenvalue weighted by molar-refractivity contribution is 9.10. The number of benzene rings is 1. The van der Waals surface area contributed by atoms with Gasteiger partial charge in [0.15, 0.2) is 5.15 Å². The smallest absolute Gasteiger partial charge is 0.152 e. The highest BCUT2D eigenvalue weighted by Gasteiger charge is 2.14. The van der Waals surface area contributed by atoms with Crippen molar-refractivity contribution in [2.75, 3.05) is 19.5 Å². The number of nitrogens with one attached hydrogen (secondary N) is 1. The first kappa shape index (κ1) is 15.9. The van der Waals surface area contributed by atoms with Gasteiger partial charge in [-0.15, -0.1) is 0 Å². The van der Waals surface area contributed by atoms with Crippen LogP contribution in [-0.2, 0) is 0 Å². The molecule has 2 aromatic rings. The molecule has 6 heteroatoms. The lowest BCUT2D eigenvalue weighted by atomic mass is 10.1. The molecule has 0 aliphatic rings. The van der Waals surface area contributed by atoms with Gasteiger partial charge in [0.2, 0.25) is 0 Å². The Kier molecular flexibility index (Phi) is 5.31. The summed E-state index contributed by atoms with van der Waals surface area (Å²) in [6, 6.07) is 7.55. The van der Waals surface area contributed by atoms with Gasteiger partial charge in [-0.3, -0.25) is 0 Å². The number of hydrogen-bond acceptors (Lipinski definition) is 4. The molecule has 1 aromatic carbocycles. The van der Waals surface area contributed by atoms with Crippen LogP contribution in [0.4, 0.5) is 5.69 Å². The third kappa shape index (κ3) is 3.80. The van der Waals surface area contributed by atoms with E-state index in [1.54, 1.807) is 20.4 Å². The standard InChI is InChI=1S/C15H16BrClN2O2/c1-9(19-13-6-10(16)8-18-15(13)17)12-7-11(20-2)4-5-14(12)21-3/h4-9,19H,1-3H3. The minimum atomic E-state index is -0.0244. The van der Waals surface area contributed by atoms with Crippen LogP contribution in [0, 0.1) is 0 Å². The number of pyridine rings is 1. The Morgan fingerprint density at radius 3 is 2.67 bits per heavy atom. The average Bonchev–Trinajstić information content (AvgIpc) is 2.50. The average molecular weight is 372 g/mol. The van der Waals surface area contributed by atoms with Crippen molar-refractivity contribution in [2.24, 2.45) is 0 Å². The van der Waals surface area contributed by atoms with Crippen molar-refractivity contribution in [1.29, 1.82) is 0 Å². The van der Waals surface area contributed by atoms with E-state index < -0.39 is 0 Å². The van der Waals surface area contributed by atoms with Gasteiger partial charge in [0.25, 0.3) is 0 Å². The Bertz CT molecular complexity index is 637. The van der Waals surface area contributed by atoms with E-state index in [-0.39, 0.29) is 6.04 Å². The zero-order valence-corrected chi connectivity index (χ0v) is 14.3. The molecular formula is C15H16BrClN2O2. The first-order valence-electron chi connectivity index (χ1n) is 6.34. The molecule has 0 aliphatic heterocycles. The van der Waals surface area contributed by atoms with E-state index in [4.69, 9.17) is 21.1 Å². The van der Waals surface area contributed by atoms with Gasteiger partial charge in [-0.1, -0.05) is 11.6 Å². The van der Waals surface area contributed by atoms with E-state index in [1.807, 2.05) is 31.2 Å². The Morgan fingerprint density at radius 1 is 1.24 bits per heavy atom. The van der Waals surface area contributed by atoms with Crippen molar-refractivity contribution >= 4 is 33.2 Å². The topological polar surface area (TPSA) is 43.4 Å². The van der Waals surface area contributed by atoms with Crippen LogP contribution < -0.4 is 14.8 Å². The normalized spacial score (nSPS) is 11.9. The van der Waals surface area contributed by atoms with E-state index in [1.165, 1.54) is 0 Å². The summed E-state index contributed by atoms with van der Waals surface area (Å²) >= 11 is 9.50. The van der Waals surface area contributed by atoms with E-state index in [9.17, 15) is 0 Å². The molecule has 1 N–H and O–H groups in total. The molecule has 4 nitrogen and oxygen atoms in total. The third-order valence-corrected chi connectivity index (χ3v) is 3.82. The first-order chi connectivity index (χ1) is 10.0. The minimum Gasteiger partial charge on any atom is -0.497 e. The molecule has 0 saturated heterocycles. The second-order valence-corrected chi connectivity index (χ2v) is 5.74. The van der Waals surface area contributed by atoms with Crippen molar-refractivity contribution < 1.29 is 9.47 Å². The van der Waals surface area contributed by atoms with Crippen molar-refractivity contribution in [3.8, 4) is 11.5 Å². The van der Waals surface area contributed by atoms with Gasteiger partial charge in [-0.05, 0) is 47.1 Å². The zero-order chi connectivity index (χ0) is 15.4. The number of rotatable bonds is 5. The zero-order valence-electron chi connectivity index (χ0n) is 12.0. The highest BCUT2D eigenvalue weighted by Crippen LogP contribution is 2.33. The molecule has 0 amide bonds. The fourth-order valence-corrected chi connectivity index (χ4v) is 2.50. The predicted octanol–water partition coefficient (Wildman–Crippen LogP) is 4.69. The molecule has 1 heterocycles. The monoisotopic (exact) mass is 370 g/mol. The number of halogens is 2.